The van der Waals surface area contributed by atoms with E-state index in [4.69, 9.17) is 26.3 Å². The van der Waals surface area contributed by atoms with Crippen molar-refractivity contribution in [3.63, 3.8) is 0 Å². The third kappa shape index (κ3) is 6.60. The number of nitriles is 1. The van der Waals surface area contributed by atoms with Crippen LogP contribution in [0.15, 0.2) is 12.1 Å². The van der Waals surface area contributed by atoms with Crippen LogP contribution in [0.25, 0.3) is 0 Å². The molecule has 1 saturated heterocycles. The second-order valence-corrected chi connectivity index (χ2v) is 8.16. The molecule has 1 fully saturated rings. The molecular formula is C20H28ClN3O3. The van der Waals surface area contributed by atoms with E-state index in [0.717, 1.165) is 25.1 Å². The summed E-state index contributed by atoms with van der Waals surface area (Å²) in [7, 11) is 0. The zero-order valence-corrected chi connectivity index (χ0v) is 17.2. The fraction of sp³-hybridized carbons (Fsp3) is 0.600. The molecule has 1 atom stereocenters. The van der Waals surface area contributed by atoms with Gasteiger partial charge in [0.1, 0.15) is 17.4 Å². The van der Waals surface area contributed by atoms with Crippen molar-refractivity contribution in [1.29, 1.82) is 5.26 Å². The first kappa shape index (κ1) is 21.3. The molecule has 2 rings (SSSR count). The number of likely N-dealkylation sites (tertiary alicyclic amines) is 1. The monoisotopic (exact) mass is 393 g/mol. The van der Waals surface area contributed by atoms with Gasteiger partial charge in [-0.3, -0.25) is 4.90 Å². The van der Waals surface area contributed by atoms with Gasteiger partial charge >= 0.3 is 6.09 Å². The van der Waals surface area contributed by atoms with Crippen LogP contribution in [-0.4, -0.2) is 42.8 Å². The number of benzene rings is 1. The summed E-state index contributed by atoms with van der Waals surface area (Å²) in [4.78, 5) is 14.1. The number of hydrogen-bond donors (Lipinski definition) is 1. The first-order valence-corrected chi connectivity index (χ1v) is 9.64. The van der Waals surface area contributed by atoms with E-state index in [0.29, 0.717) is 41.9 Å². The van der Waals surface area contributed by atoms with Crippen molar-refractivity contribution >= 4 is 17.7 Å². The van der Waals surface area contributed by atoms with E-state index in [1.54, 1.807) is 6.07 Å². The summed E-state index contributed by atoms with van der Waals surface area (Å²) in [5.41, 5.74) is 0.905. The molecule has 1 aliphatic heterocycles. The smallest absolute Gasteiger partial charge is 0.407 e. The number of alkyl carbamates (subject to hydrolysis) is 1. The van der Waals surface area contributed by atoms with Crippen molar-refractivity contribution in [1.82, 2.24) is 10.2 Å². The summed E-state index contributed by atoms with van der Waals surface area (Å²) >= 11 is 6.20. The lowest BCUT2D eigenvalue weighted by Crippen LogP contribution is -2.36. The lowest BCUT2D eigenvalue weighted by atomic mass is 10.1. The first-order valence-electron chi connectivity index (χ1n) is 9.26. The van der Waals surface area contributed by atoms with Crippen LogP contribution in [-0.2, 0) is 11.3 Å². The Labute approximate surface area is 166 Å². The molecule has 0 aliphatic carbocycles. The van der Waals surface area contributed by atoms with Gasteiger partial charge in [0.05, 0.1) is 17.2 Å². The Balaban J connectivity index is 1.92. The number of hydrogen-bond acceptors (Lipinski definition) is 5. The van der Waals surface area contributed by atoms with Gasteiger partial charge in [0.2, 0.25) is 0 Å². The number of nitrogens with one attached hydrogen (secondary N) is 1. The minimum Gasteiger partial charge on any atom is -0.493 e. The predicted molar refractivity (Wildman–Crippen MR) is 105 cm³/mol. The highest BCUT2D eigenvalue weighted by molar-refractivity contribution is 6.31. The highest BCUT2D eigenvalue weighted by atomic mass is 35.5. The predicted octanol–water partition coefficient (Wildman–Crippen LogP) is 3.96. The van der Waals surface area contributed by atoms with E-state index in [9.17, 15) is 4.79 Å². The molecule has 1 heterocycles. The van der Waals surface area contributed by atoms with Gasteiger partial charge in [0.25, 0.3) is 0 Å². The van der Waals surface area contributed by atoms with Crippen molar-refractivity contribution in [2.45, 2.75) is 46.3 Å². The molecule has 0 unspecified atom stereocenters. The fourth-order valence-corrected chi connectivity index (χ4v) is 3.33. The normalized spacial score (nSPS) is 17.4. The number of carbonyl (C=O) groups excluding carboxylic acids is 1. The van der Waals surface area contributed by atoms with Crippen molar-refractivity contribution in [3.8, 4) is 11.8 Å². The third-order valence-corrected chi connectivity index (χ3v) is 4.58. The number of rotatable bonds is 6. The number of ether oxygens (including phenoxy) is 2. The summed E-state index contributed by atoms with van der Waals surface area (Å²) in [5.74, 6) is 1.08. The molecule has 0 radical (unpaired) electrons. The maximum atomic E-state index is 11.8. The Morgan fingerprint density at radius 3 is 2.81 bits per heavy atom. The molecule has 1 aromatic carbocycles. The molecule has 1 amide bonds. The first-order chi connectivity index (χ1) is 12.7. The Morgan fingerprint density at radius 2 is 2.19 bits per heavy atom. The molecule has 0 bridgehead atoms. The number of carbonyl (C=O) groups is 1. The zero-order valence-electron chi connectivity index (χ0n) is 16.5. The lowest BCUT2D eigenvalue weighted by Gasteiger charge is -2.21. The highest BCUT2D eigenvalue weighted by Crippen LogP contribution is 2.29. The van der Waals surface area contributed by atoms with E-state index < -0.39 is 5.60 Å². The van der Waals surface area contributed by atoms with Crippen LogP contribution < -0.4 is 10.1 Å². The van der Waals surface area contributed by atoms with Gasteiger partial charge in [-0.25, -0.2) is 4.79 Å². The fourth-order valence-electron chi connectivity index (χ4n) is 3.10. The van der Waals surface area contributed by atoms with Crippen molar-refractivity contribution in [3.05, 3.63) is 28.3 Å². The van der Waals surface area contributed by atoms with Crippen LogP contribution in [0.5, 0.6) is 5.75 Å². The number of amides is 1. The lowest BCUT2D eigenvalue weighted by molar-refractivity contribution is 0.0519. The molecule has 1 N–H and O–H groups in total. The number of nitrogens with zero attached hydrogens (tertiary/aromatic N) is 2. The average Bonchev–Trinajstić information content (AvgIpc) is 3.01. The molecule has 0 saturated carbocycles. The van der Waals surface area contributed by atoms with Crippen LogP contribution in [0.1, 0.15) is 45.2 Å². The Morgan fingerprint density at radius 1 is 1.44 bits per heavy atom. The Hall–Kier alpha value is -1.97. The minimum atomic E-state index is -0.490. The molecule has 0 aromatic heterocycles. The van der Waals surface area contributed by atoms with Crippen LogP contribution >= 0.6 is 11.6 Å². The van der Waals surface area contributed by atoms with Crippen LogP contribution in [0.3, 0.4) is 0 Å². The topological polar surface area (TPSA) is 74.6 Å². The van der Waals surface area contributed by atoms with Gasteiger partial charge in [0, 0.05) is 25.2 Å². The van der Waals surface area contributed by atoms with Gasteiger partial charge in [-0.2, -0.15) is 5.26 Å². The summed E-state index contributed by atoms with van der Waals surface area (Å²) in [6.45, 7) is 11.1. The summed E-state index contributed by atoms with van der Waals surface area (Å²) in [6.07, 6.45) is 0.627. The molecule has 27 heavy (non-hydrogen) atoms. The molecule has 7 heteroatoms. The largest absolute Gasteiger partial charge is 0.493 e. The maximum Gasteiger partial charge on any atom is 0.407 e. The number of halogens is 1. The Bertz CT molecular complexity index is 710. The van der Waals surface area contributed by atoms with Crippen molar-refractivity contribution < 1.29 is 14.3 Å². The quantitative estimate of drug-likeness (QED) is 0.791. The SMILES string of the molecule is CCOc1cc(C#N)c(Cl)cc1CN1CC[C@@H](CNC(=O)OC(C)(C)C)C1. The molecule has 0 spiro atoms. The van der Waals surface area contributed by atoms with Crippen LogP contribution in [0.4, 0.5) is 4.79 Å². The van der Waals surface area contributed by atoms with Crippen LogP contribution in [0, 0.1) is 17.2 Å². The zero-order chi connectivity index (χ0) is 20.0. The molecule has 6 nitrogen and oxygen atoms in total. The van der Waals surface area contributed by atoms with E-state index in [-0.39, 0.29) is 6.09 Å². The molecule has 1 aromatic rings. The molecular weight excluding hydrogens is 366 g/mol. The van der Waals surface area contributed by atoms with E-state index in [2.05, 4.69) is 16.3 Å². The molecule has 1 aliphatic rings. The highest BCUT2D eigenvalue weighted by Gasteiger charge is 2.25. The summed E-state index contributed by atoms with van der Waals surface area (Å²) < 4.78 is 11.0. The van der Waals surface area contributed by atoms with Crippen molar-refractivity contribution in [2.24, 2.45) is 5.92 Å². The van der Waals surface area contributed by atoms with Gasteiger partial charge in [0.15, 0.2) is 0 Å². The third-order valence-electron chi connectivity index (χ3n) is 4.27. The second kappa shape index (κ2) is 9.29. The standard InChI is InChI=1S/C20H28ClN3O3/c1-5-26-18-9-15(10-22)17(21)8-16(18)13-24-7-6-14(12-24)11-23-19(25)27-20(2,3)4/h8-9,14H,5-7,11-13H2,1-4H3,(H,23,25)/t14-/m0/s1. The van der Waals surface area contributed by atoms with E-state index in [1.165, 1.54) is 0 Å². The molecule has 148 valence electrons. The Kier molecular flexibility index (Phi) is 7.34. The summed E-state index contributed by atoms with van der Waals surface area (Å²) in [5, 5.41) is 12.4. The van der Waals surface area contributed by atoms with Crippen LogP contribution in [0.2, 0.25) is 5.02 Å². The van der Waals surface area contributed by atoms with Gasteiger partial charge in [-0.15, -0.1) is 0 Å². The summed E-state index contributed by atoms with van der Waals surface area (Å²) in [6, 6.07) is 5.61. The van der Waals surface area contributed by atoms with Crippen molar-refractivity contribution in [2.75, 3.05) is 26.2 Å². The maximum absolute atomic E-state index is 11.8. The van der Waals surface area contributed by atoms with E-state index in [1.807, 2.05) is 33.8 Å². The van der Waals surface area contributed by atoms with Gasteiger partial charge in [-0.1, -0.05) is 11.6 Å². The van der Waals surface area contributed by atoms with E-state index >= 15 is 0 Å². The second-order valence-electron chi connectivity index (χ2n) is 7.76. The van der Waals surface area contributed by atoms with Gasteiger partial charge < -0.3 is 14.8 Å². The average molecular weight is 394 g/mol. The van der Waals surface area contributed by atoms with Gasteiger partial charge in [-0.05, 0) is 58.7 Å². The minimum absolute atomic E-state index is 0.376.